The second-order valence-corrected chi connectivity index (χ2v) is 6.92. The second-order valence-electron chi connectivity index (χ2n) is 6.06. The number of aryl methyl sites for hydroxylation is 1. The van der Waals surface area contributed by atoms with Gasteiger partial charge in [-0.2, -0.15) is 0 Å². The number of piperidine rings is 1. The molecule has 3 heteroatoms. The van der Waals surface area contributed by atoms with Crippen molar-refractivity contribution in [3.8, 4) is 0 Å². The molecule has 1 saturated heterocycles. The van der Waals surface area contributed by atoms with Crippen molar-refractivity contribution in [3.63, 3.8) is 0 Å². The highest BCUT2D eigenvalue weighted by Gasteiger charge is 2.22. The van der Waals surface area contributed by atoms with E-state index in [1.807, 2.05) is 0 Å². The summed E-state index contributed by atoms with van der Waals surface area (Å²) < 4.78 is 1.31. The van der Waals surface area contributed by atoms with Gasteiger partial charge < -0.3 is 5.32 Å². The number of hydrogen-bond donors (Lipinski definition) is 1. The van der Waals surface area contributed by atoms with Crippen LogP contribution in [0.5, 0.6) is 0 Å². The molecule has 0 spiro atoms. The van der Waals surface area contributed by atoms with Crippen LogP contribution in [0.3, 0.4) is 0 Å². The van der Waals surface area contributed by atoms with Crippen LogP contribution in [-0.2, 0) is 13.0 Å². The first kappa shape index (κ1) is 13.6. The van der Waals surface area contributed by atoms with Crippen molar-refractivity contribution in [2.45, 2.75) is 32.7 Å². The minimum absolute atomic E-state index is 0.899. The third-order valence-electron chi connectivity index (χ3n) is 4.48. The molecule has 0 saturated carbocycles. The van der Waals surface area contributed by atoms with Crippen LogP contribution in [0, 0.1) is 12.8 Å². The number of halogens is 1. The lowest BCUT2D eigenvalue weighted by Gasteiger charge is -2.34. The predicted molar refractivity (Wildman–Crippen MR) is 83.5 cm³/mol. The Morgan fingerprint density at radius 1 is 1.32 bits per heavy atom. The zero-order valence-corrected chi connectivity index (χ0v) is 13.3. The van der Waals surface area contributed by atoms with E-state index in [9.17, 15) is 0 Å². The summed E-state index contributed by atoms with van der Waals surface area (Å²) in [4.78, 5) is 2.66. The largest absolute Gasteiger partial charge is 0.317 e. The average molecular weight is 323 g/mol. The monoisotopic (exact) mass is 322 g/mol. The smallest absolute Gasteiger partial charge is 0.0237 e. The van der Waals surface area contributed by atoms with Crippen LogP contribution in [0.15, 0.2) is 16.6 Å². The topological polar surface area (TPSA) is 15.3 Å². The van der Waals surface area contributed by atoms with Gasteiger partial charge in [0.15, 0.2) is 0 Å². The van der Waals surface area contributed by atoms with Crippen LogP contribution < -0.4 is 5.32 Å². The zero-order valence-electron chi connectivity index (χ0n) is 11.7. The first-order chi connectivity index (χ1) is 9.22. The molecule has 0 unspecified atom stereocenters. The summed E-state index contributed by atoms with van der Waals surface area (Å²) in [6.07, 6.45) is 3.89. The Morgan fingerprint density at radius 2 is 2.11 bits per heavy atom. The lowest BCUT2D eigenvalue weighted by Crippen LogP contribution is -2.38. The summed E-state index contributed by atoms with van der Waals surface area (Å²) in [6, 6.07) is 4.62. The SMILES string of the molecule is Cc1cc(Br)c2c(c1)CN(CC1CCNCC1)CC2. The molecule has 2 aliphatic heterocycles. The van der Waals surface area contributed by atoms with E-state index in [2.05, 4.69) is 45.2 Å². The summed E-state index contributed by atoms with van der Waals surface area (Å²) in [5.41, 5.74) is 4.44. The number of fused-ring (bicyclic) bond motifs is 1. The van der Waals surface area contributed by atoms with Gasteiger partial charge in [-0.1, -0.05) is 22.0 Å². The van der Waals surface area contributed by atoms with E-state index in [1.54, 1.807) is 0 Å². The van der Waals surface area contributed by atoms with Crippen LogP contribution in [0.1, 0.15) is 29.5 Å². The summed E-state index contributed by atoms with van der Waals surface area (Å²) in [6.45, 7) is 8.25. The van der Waals surface area contributed by atoms with Gasteiger partial charge in [-0.3, -0.25) is 4.90 Å². The van der Waals surface area contributed by atoms with Crippen molar-refractivity contribution in [1.29, 1.82) is 0 Å². The van der Waals surface area contributed by atoms with Gasteiger partial charge in [0.25, 0.3) is 0 Å². The summed E-state index contributed by atoms with van der Waals surface area (Å²) in [5.74, 6) is 0.899. The molecule has 2 nitrogen and oxygen atoms in total. The molecular formula is C16H23BrN2. The molecule has 0 atom stereocenters. The van der Waals surface area contributed by atoms with Crippen LogP contribution >= 0.6 is 15.9 Å². The molecule has 1 fully saturated rings. The predicted octanol–water partition coefficient (Wildman–Crippen LogP) is 3.12. The van der Waals surface area contributed by atoms with Gasteiger partial charge >= 0.3 is 0 Å². The van der Waals surface area contributed by atoms with Crippen molar-refractivity contribution in [2.24, 2.45) is 5.92 Å². The third-order valence-corrected chi connectivity index (χ3v) is 5.19. The number of benzene rings is 1. The van der Waals surface area contributed by atoms with Gasteiger partial charge in [0, 0.05) is 24.1 Å². The Kier molecular flexibility index (Phi) is 4.25. The minimum atomic E-state index is 0.899. The second kappa shape index (κ2) is 5.94. The van der Waals surface area contributed by atoms with Crippen molar-refractivity contribution >= 4 is 15.9 Å². The van der Waals surface area contributed by atoms with Crippen LogP contribution in [0.4, 0.5) is 0 Å². The van der Waals surface area contributed by atoms with Crippen LogP contribution in [-0.4, -0.2) is 31.1 Å². The molecular weight excluding hydrogens is 300 g/mol. The normalized spacial score (nSPS) is 21.4. The van der Waals surface area contributed by atoms with Crippen molar-refractivity contribution < 1.29 is 0 Å². The minimum Gasteiger partial charge on any atom is -0.317 e. The van der Waals surface area contributed by atoms with Gasteiger partial charge in [0.1, 0.15) is 0 Å². The molecule has 0 aliphatic carbocycles. The molecule has 2 heterocycles. The Hall–Kier alpha value is -0.380. The Balaban J connectivity index is 1.67. The fourth-order valence-electron chi connectivity index (χ4n) is 3.44. The maximum Gasteiger partial charge on any atom is 0.0237 e. The van der Waals surface area contributed by atoms with Gasteiger partial charge in [0.2, 0.25) is 0 Å². The van der Waals surface area contributed by atoms with Crippen LogP contribution in [0.2, 0.25) is 0 Å². The Bertz CT molecular complexity index is 452. The molecule has 0 bridgehead atoms. The summed E-state index contributed by atoms with van der Waals surface area (Å²) >= 11 is 3.72. The quantitative estimate of drug-likeness (QED) is 0.900. The average Bonchev–Trinajstić information content (AvgIpc) is 2.39. The summed E-state index contributed by atoms with van der Waals surface area (Å²) in [5, 5.41) is 3.46. The number of rotatable bonds is 2. The lowest BCUT2D eigenvalue weighted by atomic mass is 9.94. The third kappa shape index (κ3) is 3.21. The van der Waals surface area contributed by atoms with E-state index >= 15 is 0 Å². The van der Waals surface area contributed by atoms with Crippen molar-refractivity contribution in [3.05, 3.63) is 33.3 Å². The van der Waals surface area contributed by atoms with Crippen LogP contribution in [0.25, 0.3) is 0 Å². The van der Waals surface area contributed by atoms with E-state index in [-0.39, 0.29) is 0 Å². The number of nitrogens with zero attached hydrogens (tertiary/aromatic N) is 1. The van der Waals surface area contributed by atoms with E-state index in [4.69, 9.17) is 0 Å². The van der Waals surface area contributed by atoms with Gasteiger partial charge in [0.05, 0.1) is 0 Å². The molecule has 1 aromatic rings. The molecule has 0 amide bonds. The highest BCUT2D eigenvalue weighted by atomic mass is 79.9. The molecule has 0 radical (unpaired) electrons. The number of hydrogen-bond acceptors (Lipinski definition) is 2. The molecule has 0 aromatic heterocycles. The Morgan fingerprint density at radius 3 is 2.89 bits per heavy atom. The van der Waals surface area contributed by atoms with Crippen molar-refractivity contribution in [1.82, 2.24) is 10.2 Å². The Labute approximate surface area is 124 Å². The van der Waals surface area contributed by atoms with Gasteiger partial charge in [-0.05, 0) is 68.0 Å². The van der Waals surface area contributed by atoms with E-state index in [0.717, 1.165) is 12.5 Å². The maximum atomic E-state index is 3.72. The summed E-state index contributed by atoms with van der Waals surface area (Å²) in [7, 11) is 0. The lowest BCUT2D eigenvalue weighted by molar-refractivity contribution is 0.191. The van der Waals surface area contributed by atoms with E-state index in [0.29, 0.717) is 0 Å². The standard InChI is InChI=1S/C16H23BrN2/c1-12-8-14-11-19(7-4-15(14)16(17)9-12)10-13-2-5-18-6-3-13/h8-9,13,18H,2-7,10-11H2,1H3. The molecule has 104 valence electrons. The highest BCUT2D eigenvalue weighted by molar-refractivity contribution is 9.10. The highest BCUT2D eigenvalue weighted by Crippen LogP contribution is 2.29. The molecule has 1 N–H and O–H groups in total. The van der Waals surface area contributed by atoms with Crippen molar-refractivity contribution in [2.75, 3.05) is 26.2 Å². The van der Waals surface area contributed by atoms with E-state index in [1.165, 1.54) is 66.6 Å². The van der Waals surface area contributed by atoms with E-state index < -0.39 is 0 Å². The zero-order chi connectivity index (χ0) is 13.2. The maximum absolute atomic E-state index is 3.72. The molecule has 19 heavy (non-hydrogen) atoms. The number of nitrogens with one attached hydrogen (secondary N) is 1. The fraction of sp³-hybridized carbons (Fsp3) is 0.625. The first-order valence-corrected chi connectivity index (χ1v) is 8.22. The van der Waals surface area contributed by atoms with Gasteiger partial charge in [-0.25, -0.2) is 0 Å². The molecule has 3 rings (SSSR count). The van der Waals surface area contributed by atoms with Gasteiger partial charge in [-0.15, -0.1) is 0 Å². The fourth-order valence-corrected chi connectivity index (χ4v) is 4.25. The molecule has 1 aromatic carbocycles. The first-order valence-electron chi connectivity index (χ1n) is 7.43. The molecule has 2 aliphatic rings.